The van der Waals surface area contributed by atoms with E-state index in [-0.39, 0.29) is 17.0 Å². The highest BCUT2D eigenvalue weighted by Gasteiger charge is 2.47. The van der Waals surface area contributed by atoms with Crippen molar-refractivity contribution in [1.82, 2.24) is 29.1 Å². The third-order valence-electron chi connectivity index (χ3n) is 6.37. The van der Waals surface area contributed by atoms with Gasteiger partial charge in [-0.05, 0) is 31.0 Å². The first-order valence-corrected chi connectivity index (χ1v) is 13.8. The van der Waals surface area contributed by atoms with Gasteiger partial charge in [-0.3, -0.25) is 14.7 Å². The highest BCUT2D eigenvalue weighted by atomic mass is 32.2. The number of rotatable bonds is 7. The van der Waals surface area contributed by atoms with E-state index in [2.05, 4.69) is 36.8 Å². The lowest BCUT2D eigenvalue weighted by Crippen LogP contribution is -2.42. The molecule has 2 aromatic heterocycles. The number of amides is 3. The number of imidazole rings is 1. The number of ether oxygens (including phenoxy) is 1. The smallest absolute Gasteiger partial charge is 0.324 e. The second kappa shape index (κ2) is 10.7. The molecule has 5 atom stereocenters. The SMILES string of the molecule is C=S(=O)(c1cccc(NC(=O)Nc2ncnc3c2ncn3[C@@H]2O[C@H](C(=O)NCC)C(O)C2O)c1)N1CC=CC1. The van der Waals surface area contributed by atoms with Crippen molar-refractivity contribution in [1.29, 1.82) is 0 Å². The Morgan fingerprint density at radius 3 is 2.67 bits per heavy atom. The molecule has 1 fully saturated rings. The zero-order valence-electron chi connectivity index (χ0n) is 20.9. The third-order valence-corrected chi connectivity index (χ3v) is 8.50. The molecule has 39 heavy (non-hydrogen) atoms. The molecular formula is C24H28N8O6S. The molecule has 2 aliphatic heterocycles. The average Bonchev–Trinajstić information content (AvgIpc) is 3.66. The van der Waals surface area contributed by atoms with E-state index in [1.807, 2.05) is 12.2 Å². The number of aromatic nitrogens is 4. The Morgan fingerprint density at radius 2 is 1.92 bits per heavy atom. The molecule has 3 amide bonds. The van der Waals surface area contributed by atoms with Gasteiger partial charge in [0.25, 0.3) is 5.91 Å². The molecule has 206 valence electrons. The van der Waals surface area contributed by atoms with Gasteiger partial charge in [0.2, 0.25) is 0 Å². The molecule has 14 nitrogen and oxygen atoms in total. The molecule has 1 aromatic carbocycles. The average molecular weight is 557 g/mol. The van der Waals surface area contributed by atoms with E-state index >= 15 is 0 Å². The van der Waals surface area contributed by atoms with Crippen molar-refractivity contribution in [3.05, 3.63) is 49.1 Å². The highest BCUT2D eigenvalue weighted by Crippen LogP contribution is 2.32. The number of hydrogen-bond acceptors (Lipinski definition) is 9. The molecule has 0 spiro atoms. The minimum atomic E-state index is -2.72. The van der Waals surface area contributed by atoms with Gasteiger partial charge >= 0.3 is 6.03 Å². The first kappa shape index (κ1) is 26.7. The molecular weight excluding hydrogens is 528 g/mol. The summed E-state index contributed by atoms with van der Waals surface area (Å²) >= 11 is 0. The van der Waals surface area contributed by atoms with Gasteiger partial charge in [-0.25, -0.2) is 28.3 Å². The summed E-state index contributed by atoms with van der Waals surface area (Å²) in [6.07, 6.45) is 1.02. The van der Waals surface area contributed by atoms with Crippen LogP contribution in [0, 0.1) is 0 Å². The lowest BCUT2D eigenvalue weighted by Gasteiger charge is -2.21. The topological polar surface area (TPSA) is 184 Å². The summed E-state index contributed by atoms with van der Waals surface area (Å²) in [7, 11) is -2.72. The minimum Gasteiger partial charge on any atom is -0.387 e. The zero-order chi connectivity index (χ0) is 27.7. The van der Waals surface area contributed by atoms with Crippen LogP contribution in [0.2, 0.25) is 0 Å². The maximum atomic E-state index is 13.3. The highest BCUT2D eigenvalue weighted by molar-refractivity contribution is 7.98. The molecule has 0 aliphatic carbocycles. The molecule has 3 aromatic rings. The predicted molar refractivity (Wildman–Crippen MR) is 143 cm³/mol. The molecule has 5 rings (SSSR count). The summed E-state index contributed by atoms with van der Waals surface area (Å²) in [4.78, 5) is 38.0. The van der Waals surface area contributed by atoms with Gasteiger partial charge in [0, 0.05) is 30.2 Å². The van der Waals surface area contributed by atoms with Crippen LogP contribution in [0.1, 0.15) is 13.2 Å². The first-order chi connectivity index (χ1) is 18.7. The van der Waals surface area contributed by atoms with E-state index in [1.54, 1.807) is 35.5 Å². The second-order valence-electron chi connectivity index (χ2n) is 8.94. The summed E-state index contributed by atoms with van der Waals surface area (Å²) in [5.41, 5.74) is 0.791. The Kier molecular flexibility index (Phi) is 7.33. The van der Waals surface area contributed by atoms with Crippen molar-refractivity contribution < 1.29 is 28.7 Å². The number of anilines is 2. The molecule has 0 bridgehead atoms. The van der Waals surface area contributed by atoms with Crippen molar-refractivity contribution in [2.45, 2.75) is 36.4 Å². The second-order valence-corrected chi connectivity index (χ2v) is 11.2. The summed E-state index contributed by atoms with van der Waals surface area (Å²) < 4.78 is 22.0. The van der Waals surface area contributed by atoms with Crippen molar-refractivity contribution in [3.8, 4) is 0 Å². The third kappa shape index (κ3) is 5.09. The minimum absolute atomic E-state index is 0.0739. The molecule has 2 aliphatic rings. The molecule has 5 N–H and O–H groups in total. The molecule has 3 unspecified atom stereocenters. The van der Waals surface area contributed by atoms with Crippen LogP contribution in [0.15, 0.2) is 54.0 Å². The van der Waals surface area contributed by atoms with Crippen molar-refractivity contribution in [2.24, 2.45) is 0 Å². The van der Waals surface area contributed by atoms with Crippen LogP contribution in [0.5, 0.6) is 0 Å². The van der Waals surface area contributed by atoms with Crippen molar-refractivity contribution in [3.63, 3.8) is 0 Å². The maximum absolute atomic E-state index is 13.3. The normalized spacial score (nSPS) is 24.5. The Bertz CT molecular complexity index is 1530. The number of urea groups is 1. The monoisotopic (exact) mass is 556 g/mol. The van der Waals surface area contributed by atoms with Gasteiger partial charge < -0.3 is 25.6 Å². The van der Waals surface area contributed by atoms with Gasteiger partial charge in [-0.15, -0.1) is 0 Å². The van der Waals surface area contributed by atoms with E-state index in [9.17, 15) is 24.0 Å². The van der Waals surface area contributed by atoms with Gasteiger partial charge in [0.05, 0.1) is 16.0 Å². The van der Waals surface area contributed by atoms with Crippen LogP contribution in [-0.4, -0.2) is 94.0 Å². The molecule has 1 saturated heterocycles. The van der Waals surface area contributed by atoms with Crippen LogP contribution in [0.3, 0.4) is 0 Å². The van der Waals surface area contributed by atoms with Crippen LogP contribution < -0.4 is 16.0 Å². The predicted octanol–water partition coefficient (Wildman–Crippen LogP) is 0.0877. The fourth-order valence-electron chi connectivity index (χ4n) is 4.40. The number of aliphatic hydroxyl groups excluding tert-OH is 2. The quantitative estimate of drug-likeness (QED) is 0.199. The fourth-order valence-corrected chi connectivity index (χ4v) is 5.96. The first-order valence-electron chi connectivity index (χ1n) is 12.1. The number of carbonyl (C=O) groups is 2. The number of nitrogens with one attached hydrogen (secondary N) is 3. The fraction of sp³-hybridized carbons (Fsp3) is 0.333. The number of hydrogen-bond donors (Lipinski definition) is 5. The van der Waals surface area contributed by atoms with Crippen LogP contribution in [-0.2, 0) is 19.2 Å². The Hall–Kier alpha value is -3.89. The number of fused-ring (bicyclic) bond motifs is 1. The standard InChI is InChI=1S/C24H28N8O6S/c1-3-25-22(35)19-17(33)18(34)23(38-19)32-13-28-16-20(26-12-27-21(16)32)30-24(36)29-14-7-6-8-15(11-14)39(2,37)31-9-4-5-10-31/h4-8,11-13,17-19,23,33-34H,2-3,9-10H2,1H3,(H,25,35)(H2,26,27,29,30,36)/t17?,18?,19-,23+,39?/m0/s1. The zero-order valence-corrected chi connectivity index (χ0v) is 21.7. The lowest BCUT2D eigenvalue weighted by molar-refractivity contribution is -0.137. The van der Waals surface area contributed by atoms with E-state index in [0.717, 1.165) is 0 Å². The number of carbonyl (C=O) groups excluding carboxylic acids is 2. The number of nitrogens with zero attached hydrogens (tertiary/aromatic N) is 5. The van der Waals surface area contributed by atoms with Crippen molar-refractivity contribution >= 4 is 50.2 Å². The summed E-state index contributed by atoms with van der Waals surface area (Å²) in [6, 6.07) is 6.00. The molecule has 15 heteroatoms. The van der Waals surface area contributed by atoms with Crippen molar-refractivity contribution in [2.75, 3.05) is 30.3 Å². The van der Waals surface area contributed by atoms with Crippen LogP contribution in [0.25, 0.3) is 11.2 Å². The molecule has 0 saturated carbocycles. The number of aliphatic hydroxyl groups is 2. The van der Waals surface area contributed by atoms with Gasteiger partial charge in [0.1, 0.15) is 18.5 Å². The summed E-state index contributed by atoms with van der Waals surface area (Å²) in [5, 5.41) is 28.7. The van der Waals surface area contributed by atoms with E-state index in [1.165, 1.54) is 17.2 Å². The Balaban J connectivity index is 1.32. The van der Waals surface area contributed by atoms with Gasteiger partial charge in [-0.2, -0.15) is 0 Å². The number of likely N-dealkylation sites (N-methyl/N-ethyl adjacent to an activating group) is 1. The van der Waals surface area contributed by atoms with Crippen LogP contribution in [0.4, 0.5) is 16.3 Å². The Labute approximate surface area is 223 Å². The maximum Gasteiger partial charge on any atom is 0.324 e. The molecule has 4 heterocycles. The van der Waals surface area contributed by atoms with Crippen LogP contribution >= 0.6 is 0 Å². The van der Waals surface area contributed by atoms with Gasteiger partial charge in [-0.1, -0.05) is 18.2 Å². The molecule has 0 radical (unpaired) electrons. The summed E-state index contributed by atoms with van der Waals surface area (Å²) in [5.74, 6) is 3.42. The summed E-state index contributed by atoms with van der Waals surface area (Å²) in [6.45, 7) is 3.12. The van der Waals surface area contributed by atoms with E-state index < -0.39 is 46.2 Å². The van der Waals surface area contributed by atoms with Gasteiger partial charge in [0.15, 0.2) is 29.3 Å². The lowest BCUT2D eigenvalue weighted by atomic mass is 10.1. The van der Waals surface area contributed by atoms with E-state index in [0.29, 0.717) is 30.2 Å². The Morgan fingerprint density at radius 1 is 1.15 bits per heavy atom. The number of benzene rings is 1. The largest absolute Gasteiger partial charge is 0.387 e. The van der Waals surface area contributed by atoms with E-state index in [4.69, 9.17) is 4.74 Å².